The highest BCUT2D eigenvalue weighted by Crippen LogP contribution is 2.29. The summed E-state index contributed by atoms with van der Waals surface area (Å²) >= 11 is 0. The van der Waals surface area contributed by atoms with Crippen LogP contribution in [0, 0.1) is 5.92 Å². The molecular weight excluding hydrogens is 534 g/mol. The average molecular weight is 576 g/mol. The molecule has 0 unspecified atom stereocenters. The molecule has 3 atom stereocenters. The molecule has 10 nitrogen and oxygen atoms in total. The summed E-state index contributed by atoms with van der Waals surface area (Å²) in [6.45, 7) is 7.94. The predicted molar refractivity (Wildman–Crippen MR) is 165 cm³/mol. The lowest BCUT2D eigenvalue weighted by atomic mass is 10.0. The van der Waals surface area contributed by atoms with E-state index in [1.807, 2.05) is 63.2 Å². The lowest BCUT2D eigenvalue weighted by Crippen LogP contribution is -2.48. The van der Waals surface area contributed by atoms with Gasteiger partial charge in [-0.25, -0.2) is 9.59 Å². The van der Waals surface area contributed by atoms with Crippen molar-refractivity contribution in [1.82, 2.24) is 15.1 Å². The Hall–Kier alpha value is -4.31. The summed E-state index contributed by atoms with van der Waals surface area (Å²) in [5, 5.41) is 20.5. The molecule has 0 aromatic heterocycles. The Balaban J connectivity index is 1.58. The van der Waals surface area contributed by atoms with Gasteiger partial charge < -0.3 is 35.6 Å². The monoisotopic (exact) mass is 575 g/mol. The van der Waals surface area contributed by atoms with Gasteiger partial charge in [-0.1, -0.05) is 43.3 Å². The standard InChI is InChI=1S/C32H41N5O5/c1-20(2)33-31(40)34-25-13-14-28-24(15-25)16-30(39)37(22(4)19-38)17-21(3)29(42-28)18-36(5)32(41)35-27-12-8-10-23-9-6-7-11-26(23)27/h6-15,20-22,29,38H,16-19H2,1-5H3,(H,35,41)(H2,33,34,40)/t21-,22-,29-/m0/s1. The summed E-state index contributed by atoms with van der Waals surface area (Å²) in [5.41, 5.74) is 1.86. The van der Waals surface area contributed by atoms with Crippen LogP contribution in [0.25, 0.3) is 10.8 Å². The number of hydrogen-bond donors (Lipinski definition) is 4. The zero-order valence-corrected chi connectivity index (χ0v) is 24.9. The van der Waals surface area contributed by atoms with Gasteiger partial charge in [0.2, 0.25) is 5.91 Å². The number of anilines is 2. The molecule has 0 radical (unpaired) electrons. The topological polar surface area (TPSA) is 123 Å². The van der Waals surface area contributed by atoms with Crippen molar-refractivity contribution in [2.75, 3.05) is 37.4 Å². The molecule has 0 spiro atoms. The van der Waals surface area contributed by atoms with Gasteiger partial charge in [0.1, 0.15) is 11.9 Å². The van der Waals surface area contributed by atoms with Crippen LogP contribution < -0.4 is 20.7 Å². The third-order valence-electron chi connectivity index (χ3n) is 7.43. The van der Waals surface area contributed by atoms with Crippen molar-refractivity contribution in [2.45, 2.75) is 52.3 Å². The fraction of sp³-hybridized carbons (Fsp3) is 0.406. The average Bonchev–Trinajstić information content (AvgIpc) is 2.99. The molecule has 224 valence electrons. The van der Waals surface area contributed by atoms with E-state index in [4.69, 9.17) is 4.74 Å². The Morgan fingerprint density at radius 3 is 2.55 bits per heavy atom. The molecule has 1 aliphatic rings. The molecule has 4 N–H and O–H groups in total. The molecule has 0 saturated heterocycles. The van der Waals surface area contributed by atoms with Gasteiger partial charge in [0.25, 0.3) is 0 Å². The maximum absolute atomic E-state index is 13.4. The second-order valence-electron chi connectivity index (χ2n) is 11.3. The van der Waals surface area contributed by atoms with E-state index in [0.717, 1.165) is 10.8 Å². The summed E-state index contributed by atoms with van der Waals surface area (Å²) in [6, 6.07) is 17.8. The first-order chi connectivity index (χ1) is 20.0. The fourth-order valence-electron chi connectivity index (χ4n) is 5.05. The second-order valence-corrected chi connectivity index (χ2v) is 11.3. The van der Waals surface area contributed by atoms with Gasteiger partial charge >= 0.3 is 12.1 Å². The number of benzene rings is 3. The molecule has 42 heavy (non-hydrogen) atoms. The first-order valence-electron chi connectivity index (χ1n) is 14.3. The van der Waals surface area contributed by atoms with Gasteiger partial charge in [0.15, 0.2) is 0 Å². The van der Waals surface area contributed by atoms with Crippen molar-refractivity contribution in [3.63, 3.8) is 0 Å². The molecule has 10 heteroatoms. The first-order valence-corrected chi connectivity index (χ1v) is 14.3. The zero-order chi connectivity index (χ0) is 30.4. The molecular formula is C32H41N5O5. The number of carbonyl (C=O) groups is 3. The quantitative estimate of drug-likeness (QED) is 0.326. The van der Waals surface area contributed by atoms with Crippen LogP contribution >= 0.6 is 0 Å². The van der Waals surface area contributed by atoms with Crippen LogP contribution in [0.15, 0.2) is 60.7 Å². The van der Waals surface area contributed by atoms with E-state index in [1.165, 1.54) is 0 Å². The summed E-state index contributed by atoms with van der Waals surface area (Å²) in [7, 11) is 1.71. The van der Waals surface area contributed by atoms with Gasteiger partial charge in [0.05, 0.1) is 31.3 Å². The van der Waals surface area contributed by atoms with Crippen LogP contribution in [0.4, 0.5) is 21.0 Å². The molecule has 5 amide bonds. The summed E-state index contributed by atoms with van der Waals surface area (Å²) in [5.74, 6) is 0.187. The number of nitrogens with one attached hydrogen (secondary N) is 3. The number of amides is 5. The molecule has 3 aromatic rings. The molecule has 4 rings (SSSR count). The van der Waals surface area contributed by atoms with E-state index in [2.05, 4.69) is 16.0 Å². The van der Waals surface area contributed by atoms with Crippen LogP contribution in [0.3, 0.4) is 0 Å². The maximum atomic E-state index is 13.4. The Morgan fingerprint density at radius 1 is 1.07 bits per heavy atom. The number of nitrogens with zero attached hydrogens (tertiary/aromatic N) is 2. The minimum atomic E-state index is -0.464. The Morgan fingerprint density at radius 2 is 1.81 bits per heavy atom. The highest BCUT2D eigenvalue weighted by atomic mass is 16.5. The van der Waals surface area contributed by atoms with Gasteiger partial charge in [-0.15, -0.1) is 0 Å². The molecule has 1 heterocycles. The van der Waals surface area contributed by atoms with Crippen molar-refractivity contribution < 1.29 is 24.2 Å². The fourth-order valence-corrected chi connectivity index (χ4v) is 5.05. The molecule has 0 aliphatic carbocycles. The highest BCUT2D eigenvalue weighted by Gasteiger charge is 2.32. The number of likely N-dealkylation sites (N-methyl/N-ethyl adjacent to an activating group) is 1. The third-order valence-corrected chi connectivity index (χ3v) is 7.43. The number of ether oxygens (including phenoxy) is 1. The Kier molecular flexibility index (Phi) is 9.90. The van der Waals surface area contributed by atoms with Crippen LogP contribution in [-0.4, -0.2) is 77.8 Å². The van der Waals surface area contributed by atoms with Gasteiger partial charge in [-0.05, 0) is 50.4 Å². The van der Waals surface area contributed by atoms with Gasteiger partial charge in [-0.3, -0.25) is 4.79 Å². The van der Waals surface area contributed by atoms with E-state index in [9.17, 15) is 19.5 Å². The van der Waals surface area contributed by atoms with Crippen LogP contribution in [0.1, 0.15) is 33.3 Å². The lowest BCUT2D eigenvalue weighted by Gasteiger charge is -2.34. The molecule has 0 saturated carbocycles. The molecule has 0 bridgehead atoms. The van der Waals surface area contributed by atoms with Crippen LogP contribution in [0.2, 0.25) is 0 Å². The minimum absolute atomic E-state index is 0.0339. The van der Waals surface area contributed by atoms with E-state index in [-0.39, 0.29) is 49.5 Å². The van der Waals surface area contributed by atoms with E-state index < -0.39 is 12.1 Å². The first kappa shape index (κ1) is 30.6. The normalized spacial score (nSPS) is 17.8. The van der Waals surface area contributed by atoms with E-state index in [0.29, 0.717) is 29.2 Å². The summed E-state index contributed by atoms with van der Waals surface area (Å²) < 4.78 is 6.51. The highest BCUT2D eigenvalue weighted by molar-refractivity contribution is 6.01. The summed E-state index contributed by atoms with van der Waals surface area (Å²) in [6.07, 6.45) is -0.424. The molecule has 1 aliphatic heterocycles. The number of hydrogen-bond acceptors (Lipinski definition) is 5. The summed E-state index contributed by atoms with van der Waals surface area (Å²) in [4.78, 5) is 42.3. The van der Waals surface area contributed by atoms with Gasteiger partial charge in [-0.2, -0.15) is 0 Å². The van der Waals surface area contributed by atoms with Crippen molar-refractivity contribution in [1.29, 1.82) is 0 Å². The zero-order valence-electron chi connectivity index (χ0n) is 24.9. The van der Waals surface area contributed by atoms with E-state index >= 15 is 0 Å². The second kappa shape index (κ2) is 13.6. The Labute approximate surface area is 247 Å². The van der Waals surface area contributed by atoms with Crippen LogP contribution in [-0.2, 0) is 11.2 Å². The number of aliphatic hydroxyl groups is 1. The number of fused-ring (bicyclic) bond motifs is 2. The van der Waals surface area contributed by atoms with Gasteiger partial charge in [0, 0.05) is 42.2 Å². The van der Waals surface area contributed by atoms with Crippen molar-refractivity contribution in [2.24, 2.45) is 5.92 Å². The van der Waals surface area contributed by atoms with Crippen molar-refractivity contribution >= 4 is 40.1 Å². The van der Waals surface area contributed by atoms with E-state index in [1.54, 1.807) is 42.0 Å². The number of carbonyl (C=O) groups excluding carboxylic acids is 3. The SMILES string of the molecule is CC(C)NC(=O)Nc1ccc2c(c1)CC(=O)N([C@@H](C)CO)C[C@H](C)[C@H](CN(C)C(=O)Nc1cccc3ccccc13)O2. The number of rotatable bonds is 7. The minimum Gasteiger partial charge on any atom is -0.488 e. The van der Waals surface area contributed by atoms with Crippen molar-refractivity contribution in [3.05, 3.63) is 66.2 Å². The lowest BCUT2D eigenvalue weighted by molar-refractivity contribution is -0.134. The third kappa shape index (κ3) is 7.50. The van der Waals surface area contributed by atoms with Crippen LogP contribution in [0.5, 0.6) is 5.75 Å². The number of aliphatic hydroxyl groups excluding tert-OH is 1. The number of urea groups is 2. The predicted octanol–water partition coefficient (Wildman–Crippen LogP) is 4.68. The largest absolute Gasteiger partial charge is 0.488 e. The molecule has 3 aromatic carbocycles. The molecule has 0 fully saturated rings. The maximum Gasteiger partial charge on any atom is 0.321 e. The Bertz CT molecular complexity index is 1420. The van der Waals surface area contributed by atoms with Crippen molar-refractivity contribution in [3.8, 4) is 5.75 Å². The smallest absolute Gasteiger partial charge is 0.321 e.